The van der Waals surface area contributed by atoms with Crippen molar-refractivity contribution in [3.05, 3.63) is 81.5 Å². The highest BCUT2D eigenvalue weighted by Crippen LogP contribution is 2.35. The van der Waals surface area contributed by atoms with Crippen molar-refractivity contribution >= 4 is 28.5 Å². The van der Waals surface area contributed by atoms with Crippen molar-refractivity contribution in [3.63, 3.8) is 0 Å². The van der Waals surface area contributed by atoms with Gasteiger partial charge in [0.05, 0.1) is 28.5 Å². The minimum atomic E-state index is -4.81. The van der Waals surface area contributed by atoms with Gasteiger partial charge in [-0.2, -0.15) is 18.3 Å². The number of aromatic amines is 1. The summed E-state index contributed by atoms with van der Waals surface area (Å²) in [6.45, 7) is 0.435. The molecule has 3 heterocycles. The zero-order chi connectivity index (χ0) is 24.0. The van der Waals surface area contributed by atoms with E-state index in [1.165, 1.54) is 29.2 Å². The standard InChI is InChI=1S/C23H19ClF3N5O2/c24-14-4-3-5-16(12-14)32-20(23(25,26)27)17(13-28-32)21(33)30-10-8-15(9-11-30)31-19-7-2-1-6-18(19)29-22(31)34/h1-7,12-13,15H,8-11H2,(H,29,34). The Labute approximate surface area is 196 Å². The van der Waals surface area contributed by atoms with Gasteiger partial charge in [0.2, 0.25) is 0 Å². The molecule has 5 rings (SSSR count). The largest absolute Gasteiger partial charge is 0.434 e. The Balaban J connectivity index is 1.41. The lowest BCUT2D eigenvalue weighted by Crippen LogP contribution is -2.41. The number of aromatic nitrogens is 4. The summed E-state index contributed by atoms with van der Waals surface area (Å²) in [5.41, 5.74) is -0.317. The Hall–Kier alpha value is -3.53. The fourth-order valence-corrected chi connectivity index (χ4v) is 4.70. The van der Waals surface area contributed by atoms with Crippen LogP contribution in [0.2, 0.25) is 5.02 Å². The number of hydrogen-bond acceptors (Lipinski definition) is 3. The summed E-state index contributed by atoms with van der Waals surface area (Å²) < 4.78 is 44.3. The maximum atomic E-state index is 14.0. The predicted octanol–water partition coefficient (Wildman–Crippen LogP) is 4.66. The highest BCUT2D eigenvalue weighted by molar-refractivity contribution is 6.30. The molecule has 0 saturated carbocycles. The van der Waals surface area contributed by atoms with Crippen LogP contribution in [-0.2, 0) is 6.18 Å². The first-order valence-electron chi connectivity index (χ1n) is 10.6. The van der Waals surface area contributed by atoms with Gasteiger partial charge >= 0.3 is 11.9 Å². The van der Waals surface area contributed by atoms with Crippen molar-refractivity contribution in [1.82, 2.24) is 24.2 Å². The number of piperidine rings is 1. The van der Waals surface area contributed by atoms with Gasteiger partial charge in [-0.05, 0) is 43.2 Å². The van der Waals surface area contributed by atoms with Gasteiger partial charge < -0.3 is 9.88 Å². The number of hydrogen-bond donors (Lipinski definition) is 1. The molecule has 4 aromatic rings. The van der Waals surface area contributed by atoms with Crippen molar-refractivity contribution < 1.29 is 18.0 Å². The van der Waals surface area contributed by atoms with Crippen LogP contribution in [0, 0.1) is 0 Å². The monoisotopic (exact) mass is 489 g/mol. The molecule has 1 saturated heterocycles. The molecule has 2 aromatic heterocycles. The number of halogens is 4. The van der Waals surface area contributed by atoms with Crippen molar-refractivity contribution in [2.45, 2.75) is 25.1 Å². The van der Waals surface area contributed by atoms with E-state index in [1.54, 1.807) is 4.57 Å². The molecule has 1 amide bonds. The molecule has 0 bridgehead atoms. The number of carbonyl (C=O) groups excluding carboxylic acids is 1. The first-order valence-corrected chi connectivity index (χ1v) is 11.0. The normalized spacial score (nSPS) is 15.2. The van der Waals surface area contributed by atoms with Crippen LogP contribution in [0.1, 0.15) is 34.9 Å². The Kier molecular flexibility index (Phi) is 5.47. The van der Waals surface area contributed by atoms with Crippen LogP contribution in [0.5, 0.6) is 0 Å². The van der Waals surface area contributed by atoms with Gasteiger partial charge in [0.25, 0.3) is 5.91 Å². The van der Waals surface area contributed by atoms with Crippen LogP contribution in [0.4, 0.5) is 13.2 Å². The zero-order valence-corrected chi connectivity index (χ0v) is 18.5. The third-order valence-corrected chi connectivity index (χ3v) is 6.30. The number of H-pyrrole nitrogens is 1. The van der Waals surface area contributed by atoms with Gasteiger partial charge in [0.15, 0.2) is 5.69 Å². The lowest BCUT2D eigenvalue weighted by Gasteiger charge is -2.32. The van der Waals surface area contributed by atoms with E-state index in [0.29, 0.717) is 23.0 Å². The van der Waals surface area contributed by atoms with Crippen molar-refractivity contribution in [1.29, 1.82) is 0 Å². The number of fused-ring (bicyclic) bond motifs is 1. The number of likely N-dealkylation sites (tertiary alicyclic amines) is 1. The Bertz CT molecular complexity index is 1430. The molecule has 0 unspecified atom stereocenters. The zero-order valence-electron chi connectivity index (χ0n) is 17.7. The number of nitrogens with one attached hydrogen (secondary N) is 1. The minimum absolute atomic E-state index is 0.108. The van der Waals surface area contributed by atoms with E-state index in [4.69, 9.17) is 11.6 Å². The van der Waals surface area contributed by atoms with E-state index < -0.39 is 23.3 Å². The number of imidazole rings is 1. The summed E-state index contributed by atoms with van der Waals surface area (Å²) in [4.78, 5) is 29.8. The van der Waals surface area contributed by atoms with Crippen LogP contribution in [0.3, 0.4) is 0 Å². The lowest BCUT2D eigenvalue weighted by atomic mass is 10.0. The quantitative estimate of drug-likeness (QED) is 0.454. The summed E-state index contributed by atoms with van der Waals surface area (Å²) in [6.07, 6.45) is -2.98. The smallest absolute Gasteiger partial charge is 0.338 e. The van der Waals surface area contributed by atoms with Gasteiger partial charge in [-0.25, -0.2) is 9.48 Å². The van der Waals surface area contributed by atoms with E-state index in [9.17, 15) is 22.8 Å². The fraction of sp³-hybridized carbons (Fsp3) is 0.261. The summed E-state index contributed by atoms with van der Waals surface area (Å²) in [6, 6.07) is 13.0. The van der Waals surface area contributed by atoms with E-state index in [-0.39, 0.29) is 35.5 Å². The molecule has 7 nitrogen and oxygen atoms in total. The van der Waals surface area contributed by atoms with Gasteiger partial charge in [-0.1, -0.05) is 29.8 Å². The first kappa shape index (κ1) is 22.3. The average Bonchev–Trinajstić information content (AvgIpc) is 3.40. The van der Waals surface area contributed by atoms with E-state index >= 15 is 0 Å². The first-order chi connectivity index (χ1) is 16.2. The number of carbonyl (C=O) groups is 1. The number of nitrogens with zero attached hydrogens (tertiary/aromatic N) is 4. The third-order valence-electron chi connectivity index (χ3n) is 6.06. The molecule has 0 radical (unpaired) electrons. The Morgan fingerprint density at radius 1 is 1.09 bits per heavy atom. The van der Waals surface area contributed by atoms with Crippen molar-refractivity contribution in [2.75, 3.05) is 13.1 Å². The maximum Gasteiger partial charge on any atom is 0.434 e. The van der Waals surface area contributed by atoms with Gasteiger partial charge in [-0.3, -0.25) is 9.36 Å². The summed E-state index contributed by atoms with van der Waals surface area (Å²) in [5.74, 6) is -0.745. The molecule has 0 aliphatic carbocycles. The van der Waals surface area contributed by atoms with E-state index in [0.717, 1.165) is 11.7 Å². The summed E-state index contributed by atoms with van der Waals surface area (Å²) in [7, 11) is 0. The molecule has 2 aromatic carbocycles. The number of alkyl halides is 3. The summed E-state index contributed by atoms with van der Waals surface area (Å²) in [5, 5.41) is 4.11. The third kappa shape index (κ3) is 3.87. The van der Waals surface area contributed by atoms with Gasteiger partial charge in [0.1, 0.15) is 0 Å². The van der Waals surface area contributed by atoms with E-state index in [2.05, 4.69) is 10.1 Å². The van der Waals surface area contributed by atoms with Crippen LogP contribution in [-0.4, -0.2) is 43.2 Å². The molecule has 11 heteroatoms. The van der Waals surface area contributed by atoms with Crippen LogP contribution in [0.25, 0.3) is 16.7 Å². The molecular formula is C23H19ClF3N5O2. The molecule has 0 atom stereocenters. The number of para-hydroxylation sites is 2. The maximum absolute atomic E-state index is 14.0. The SMILES string of the molecule is O=C(c1cnn(-c2cccc(Cl)c2)c1C(F)(F)F)N1CCC(n2c(=O)[nH]c3ccccc32)CC1. The van der Waals surface area contributed by atoms with E-state index in [1.807, 2.05) is 24.3 Å². The second-order valence-corrected chi connectivity index (χ2v) is 8.57. The topological polar surface area (TPSA) is 75.9 Å². The molecule has 1 fully saturated rings. The van der Waals surface area contributed by atoms with Crippen LogP contribution < -0.4 is 5.69 Å². The van der Waals surface area contributed by atoms with Crippen LogP contribution in [0.15, 0.2) is 59.5 Å². The number of amides is 1. The molecule has 1 aliphatic heterocycles. The predicted molar refractivity (Wildman–Crippen MR) is 120 cm³/mol. The van der Waals surface area contributed by atoms with Crippen molar-refractivity contribution in [2.24, 2.45) is 0 Å². The lowest BCUT2D eigenvalue weighted by molar-refractivity contribution is -0.143. The van der Waals surface area contributed by atoms with Gasteiger partial charge in [0, 0.05) is 24.2 Å². The second-order valence-electron chi connectivity index (χ2n) is 8.14. The van der Waals surface area contributed by atoms with Crippen molar-refractivity contribution in [3.8, 4) is 5.69 Å². The Morgan fingerprint density at radius 3 is 2.53 bits per heavy atom. The van der Waals surface area contributed by atoms with Gasteiger partial charge in [-0.15, -0.1) is 0 Å². The highest BCUT2D eigenvalue weighted by atomic mass is 35.5. The Morgan fingerprint density at radius 2 is 1.82 bits per heavy atom. The molecule has 0 spiro atoms. The second kappa shape index (κ2) is 8.35. The molecule has 1 N–H and O–H groups in total. The van der Waals surface area contributed by atoms with Crippen LogP contribution >= 0.6 is 11.6 Å². The number of rotatable bonds is 3. The average molecular weight is 490 g/mol. The summed E-state index contributed by atoms with van der Waals surface area (Å²) >= 11 is 5.93. The minimum Gasteiger partial charge on any atom is -0.338 e. The molecule has 34 heavy (non-hydrogen) atoms. The molecular weight excluding hydrogens is 471 g/mol. The number of benzene rings is 2. The molecule has 176 valence electrons. The highest BCUT2D eigenvalue weighted by Gasteiger charge is 2.42. The fourth-order valence-electron chi connectivity index (χ4n) is 4.52. The molecule has 1 aliphatic rings.